The molecule has 0 heterocycles. The number of hydrogen-bond donors (Lipinski definition) is 1. The Kier molecular flexibility index (Phi) is 5.44. The van der Waals surface area contributed by atoms with E-state index in [4.69, 9.17) is 0 Å². The Morgan fingerprint density at radius 1 is 1.16 bits per heavy atom. The quantitative estimate of drug-likeness (QED) is 0.810. The van der Waals surface area contributed by atoms with Gasteiger partial charge in [-0.2, -0.15) is 0 Å². The lowest BCUT2D eigenvalue weighted by Crippen LogP contribution is -2.24. The highest BCUT2D eigenvalue weighted by atomic mass is 79.9. The Morgan fingerprint density at radius 2 is 1.79 bits per heavy atom. The molecule has 1 aromatic carbocycles. The van der Waals surface area contributed by atoms with Crippen molar-refractivity contribution in [3.8, 4) is 0 Å². The molecule has 1 aromatic rings. The second-order valence-electron chi connectivity index (χ2n) is 5.49. The molecule has 0 aromatic heterocycles. The predicted molar refractivity (Wildman–Crippen MR) is 83.3 cm³/mol. The van der Waals surface area contributed by atoms with Gasteiger partial charge in [0.25, 0.3) is 0 Å². The van der Waals surface area contributed by atoms with Gasteiger partial charge in [0.05, 0.1) is 0 Å². The first kappa shape index (κ1) is 14.6. The van der Waals surface area contributed by atoms with Crippen LogP contribution in [0.15, 0.2) is 22.7 Å². The number of hydrogen-bond acceptors (Lipinski definition) is 1. The van der Waals surface area contributed by atoms with E-state index in [0.717, 1.165) is 28.6 Å². The van der Waals surface area contributed by atoms with Crippen molar-refractivity contribution in [1.82, 2.24) is 0 Å². The number of halogens is 1. The van der Waals surface area contributed by atoms with E-state index in [9.17, 15) is 4.79 Å². The van der Waals surface area contributed by atoms with E-state index >= 15 is 0 Å². The molecule has 1 fully saturated rings. The number of carbonyl (C=O) groups is 1. The van der Waals surface area contributed by atoms with Gasteiger partial charge in [-0.3, -0.25) is 4.79 Å². The van der Waals surface area contributed by atoms with Crippen molar-refractivity contribution in [1.29, 1.82) is 0 Å². The summed E-state index contributed by atoms with van der Waals surface area (Å²) in [7, 11) is 0. The van der Waals surface area contributed by atoms with Crippen LogP contribution in [-0.2, 0) is 4.79 Å². The minimum absolute atomic E-state index is 0.193. The summed E-state index contributed by atoms with van der Waals surface area (Å²) in [5.41, 5.74) is 2.05. The van der Waals surface area contributed by atoms with Crippen LogP contribution in [0.1, 0.15) is 50.5 Å². The van der Waals surface area contributed by atoms with E-state index < -0.39 is 0 Å². The molecule has 0 spiro atoms. The molecule has 0 atom stereocenters. The molecule has 1 N–H and O–H groups in total. The van der Waals surface area contributed by atoms with Gasteiger partial charge in [0.2, 0.25) is 5.91 Å². The van der Waals surface area contributed by atoms with Crippen LogP contribution in [0.5, 0.6) is 0 Å². The van der Waals surface area contributed by atoms with Crippen LogP contribution >= 0.6 is 15.9 Å². The highest BCUT2D eigenvalue weighted by Crippen LogP contribution is 2.25. The van der Waals surface area contributed by atoms with E-state index in [2.05, 4.69) is 21.2 Å². The van der Waals surface area contributed by atoms with Crippen LogP contribution in [0, 0.1) is 12.8 Å². The van der Waals surface area contributed by atoms with E-state index in [1.807, 2.05) is 25.1 Å². The molecular formula is C16H22BrNO. The van der Waals surface area contributed by atoms with Gasteiger partial charge in [0.15, 0.2) is 0 Å². The molecule has 2 nitrogen and oxygen atoms in total. The molecule has 2 rings (SSSR count). The zero-order valence-electron chi connectivity index (χ0n) is 11.5. The fourth-order valence-corrected chi connectivity index (χ4v) is 3.04. The molecule has 1 aliphatic carbocycles. The van der Waals surface area contributed by atoms with Crippen molar-refractivity contribution in [3.05, 3.63) is 28.2 Å². The van der Waals surface area contributed by atoms with Crippen molar-refractivity contribution in [2.24, 2.45) is 5.92 Å². The summed E-state index contributed by atoms with van der Waals surface area (Å²) in [6.07, 6.45) is 8.35. The van der Waals surface area contributed by atoms with Gasteiger partial charge in [-0.25, -0.2) is 0 Å². The van der Waals surface area contributed by atoms with Crippen molar-refractivity contribution < 1.29 is 4.79 Å². The van der Waals surface area contributed by atoms with Crippen LogP contribution in [0.4, 0.5) is 5.69 Å². The van der Waals surface area contributed by atoms with Gasteiger partial charge in [-0.1, -0.05) is 54.1 Å². The van der Waals surface area contributed by atoms with E-state index in [1.54, 1.807) is 0 Å². The van der Waals surface area contributed by atoms with Crippen molar-refractivity contribution in [2.75, 3.05) is 5.32 Å². The number of amides is 1. The predicted octanol–water partition coefficient (Wildman–Crippen LogP) is 5.06. The number of anilines is 1. The normalized spacial score (nSPS) is 17.6. The van der Waals surface area contributed by atoms with Crippen molar-refractivity contribution in [3.63, 3.8) is 0 Å². The minimum atomic E-state index is 0.193. The fourth-order valence-electron chi connectivity index (χ4n) is 2.68. The Bertz CT molecular complexity index is 436. The topological polar surface area (TPSA) is 29.1 Å². The SMILES string of the molecule is Cc1ccc(Br)cc1NC(=O)C1CCCCCCC1. The van der Waals surface area contributed by atoms with E-state index in [-0.39, 0.29) is 11.8 Å². The second kappa shape index (κ2) is 7.09. The second-order valence-corrected chi connectivity index (χ2v) is 6.41. The molecule has 1 amide bonds. The Labute approximate surface area is 124 Å². The first-order valence-electron chi connectivity index (χ1n) is 7.24. The number of benzene rings is 1. The molecule has 0 bridgehead atoms. The molecule has 104 valence electrons. The van der Waals surface area contributed by atoms with Crippen molar-refractivity contribution >= 4 is 27.5 Å². The van der Waals surface area contributed by atoms with Gasteiger partial charge in [0, 0.05) is 16.1 Å². The summed E-state index contributed by atoms with van der Waals surface area (Å²) in [6, 6.07) is 6.01. The molecular weight excluding hydrogens is 302 g/mol. The van der Waals surface area contributed by atoms with Crippen LogP contribution < -0.4 is 5.32 Å². The fraction of sp³-hybridized carbons (Fsp3) is 0.562. The summed E-state index contributed by atoms with van der Waals surface area (Å²) in [5.74, 6) is 0.391. The Balaban J connectivity index is 2.00. The molecule has 1 saturated carbocycles. The minimum Gasteiger partial charge on any atom is -0.326 e. The molecule has 3 heteroatoms. The maximum Gasteiger partial charge on any atom is 0.227 e. The maximum atomic E-state index is 12.4. The lowest BCUT2D eigenvalue weighted by atomic mass is 9.90. The first-order valence-corrected chi connectivity index (χ1v) is 8.03. The van der Waals surface area contributed by atoms with Crippen LogP contribution in [0.3, 0.4) is 0 Å². The van der Waals surface area contributed by atoms with E-state index in [1.165, 1.54) is 32.1 Å². The van der Waals surface area contributed by atoms with Gasteiger partial charge in [-0.15, -0.1) is 0 Å². The van der Waals surface area contributed by atoms with Crippen LogP contribution in [0.2, 0.25) is 0 Å². The highest BCUT2D eigenvalue weighted by Gasteiger charge is 2.19. The zero-order chi connectivity index (χ0) is 13.7. The highest BCUT2D eigenvalue weighted by molar-refractivity contribution is 9.10. The van der Waals surface area contributed by atoms with Crippen LogP contribution in [-0.4, -0.2) is 5.91 Å². The average Bonchev–Trinajstić information content (AvgIpc) is 2.33. The first-order chi connectivity index (χ1) is 9.16. The number of carbonyl (C=O) groups excluding carboxylic acids is 1. The van der Waals surface area contributed by atoms with Crippen molar-refractivity contribution in [2.45, 2.75) is 51.9 Å². The van der Waals surface area contributed by atoms with Gasteiger partial charge < -0.3 is 5.32 Å². The summed E-state index contributed by atoms with van der Waals surface area (Å²) in [5, 5.41) is 3.10. The maximum absolute atomic E-state index is 12.4. The molecule has 19 heavy (non-hydrogen) atoms. The standard InChI is InChI=1S/C16H22BrNO/c1-12-9-10-14(17)11-15(12)18-16(19)13-7-5-3-2-4-6-8-13/h9-11,13H,2-8H2,1H3,(H,18,19). The molecule has 0 saturated heterocycles. The lowest BCUT2D eigenvalue weighted by molar-refractivity contribution is -0.120. The third-order valence-corrected chi connectivity index (χ3v) is 4.43. The smallest absolute Gasteiger partial charge is 0.227 e. The number of rotatable bonds is 2. The van der Waals surface area contributed by atoms with Gasteiger partial charge in [-0.05, 0) is 37.5 Å². The number of aryl methyl sites for hydroxylation is 1. The van der Waals surface area contributed by atoms with Crippen LogP contribution in [0.25, 0.3) is 0 Å². The lowest BCUT2D eigenvalue weighted by Gasteiger charge is -2.19. The molecule has 0 radical (unpaired) electrons. The zero-order valence-corrected chi connectivity index (χ0v) is 13.1. The molecule has 0 aliphatic heterocycles. The Hall–Kier alpha value is -0.830. The molecule has 1 aliphatic rings. The van der Waals surface area contributed by atoms with Gasteiger partial charge >= 0.3 is 0 Å². The summed E-state index contributed by atoms with van der Waals surface area (Å²) < 4.78 is 1.01. The third kappa shape index (κ3) is 4.34. The van der Waals surface area contributed by atoms with Gasteiger partial charge in [0.1, 0.15) is 0 Å². The average molecular weight is 324 g/mol. The third-order valence-electron chi connectivity index (χ3n) is 3.93. The Morgan fingerprint density at radius 3 is 2.47 bits per heavy atom. The van der Waals surface area contributed by atoms with E-state index in [0.29, 0.717) is 0 Å². The summed E-state index contributed by atoms with van der Waals surface area (Å²) >= 11 is 3.45. The monoisotopic (exact) mass is 323 g/mol. The largest absolute Gasteiger partial charge is 0.326 e. The summed E-state index contributed by atoms with van der Waals surface area (Å²) in [6.45, 7) is 2.03. The summed E-state index contributed by atoms with van der Waals surface area (Å²) in [4.78, 5) is 12.4. The number of nitrogens with one attached hydrogen (secondary N) is 1. The molecule has 0 unspecified atom stereocenters.